The Bertz CT molecular complexity index is 559. The highest BCUT2D eigenvalue weighted by atomic mass is 16.3. The second kappa shape index (κ2) is 4.28. The van der Waals surface area contributed by atoms with Crippen molar-refractivity contribution in [1.82, 2.24) is 9.38 Å². The highest BCUT2D eigenvalue weighted by molar-refractivity contribution is 5.56. The molecule has 4 nitrogen and oxygen atoms in total. The van der Waals surface area contributed by atoms with Gasteiger partial charge in [0.2, 0.25) is 0 Å². The van der Waals surface area contributed by atoms with Crippen LogP contribution in [0.4, 0.5) is 5.82 Å². The van der Waals surface area contributed by atoms with E-state index in [-0.39, 0.29) is 6.61 Å². The minimum absolute atomic E-state index is 0.0161. The molecule has 1 saturated carbocycles. The van der Waals surface area contributed by atoms with Crippen molar-refractivity contribution in [2.75, 3.05) is 11.9 Å². The van der Waals surface area contributed by atoms with Gasteiger partial charge >= 0.3 is 0 Å². The number of rotatable bonds is 4. The van der Waals surface area contributed by atoms with E-state index in [4.69, 9.17) is 0 Å². The Kier molecular flexibility index (Phi) is 2.74. The molecular formula is C14H19N3O. The quantitative estimate of drug-likeness (QED) is 0.896. The lowest BCUT2D eigenvalue weighted by Crippen LogP contribution is -2.31. The topological polar surface area (TPSA) is 40.8 Å². The third kappa shape index (κ3) is 1.77. The normalized spacial score (nSPS) is 17.1. The predicted molar refractivity (Wildman–Crippen MR) is 71.7 cm³/mol. The van der Waals surface area contributed by atoms with Gasteiger partial charge in [0.05, 0.1) is 12.3 Å². The van der Waals surface area contributed by atoms with Gasteiger partial charge in [-0.3, -0.25) is 4.40 Å². The monoisotopic (exact) mass is 245 g/mol. The molecule has 0 aromatic carbocycles. The van der Waals surface area contributed by atoms with Crippen LogP contribution in [0.1, 0.15) is 25.5 Å². The lowest BCUT2D eigenvalue weighted by molar-refractivity contribution is 0.276. The Morgan fingerprint density at radius 2 is 2.28 bits per heavy atom. The van der Waals surface area contributed by atoms with E-state index in [0.717, 1.165) is 23.1 Å². The van der Waals surface area contributed by atoms with E-state index in [1.54, 1.807) is 0 Å². The third-order valence-electron chi connectivity index (χ3n) is 4.01. The fourth-order valence-electron chi connectivity index (χ4n) is 2.55. The van der Waals surface area contributed by atoms with Gasteiger partial charge in [0.15, 0.2) is 5.82 Å². The standard InChI is InChI=1S/C14H19N3O/c1-10(11-6-7-11)16(2)14-12(9-18)17-8-4-3-5-13(17)15-14/h3-5,8,10-11,18H,6-7,9H2,1-2H3. The molecule has 0 saturated heterocycles. The molecular weight excluding hydrogens is 226 g/mol. The van der Waals surface area contributed by atoms with Gasteiger partial charge in [0.25, 0.3) is 0 Å². The summed E-state index contributed by atoms with van der Waals surface area (Å²) in [5.41, 5.74) is 1.77. The van der Waals surface area contributed by atoms with Crippen molar-refractivity contribution in [2.45, 2.75) is 32.4 Å². The third-order valence-corrected chi connectivity index (χ3v) is 4.01. The predicted octanol–water partition coefficient (Wildman–Crippen LogP) is 2.06. The number of imidazole rings is 1. The molecule has 96 valence electrons. The molecule has 1 atom stereocenters. The van der Waals surface area contributed by atoms with E-state index in [0.29, 0.717) is 6.04 Å². The number of fused-ring (bicyclic) bond motifs is 1. The molecule has 0 aliphatic heterocycles. The van der Waals surface area contributed by atoms with Gasteiger partial charge in [-0.2, -0.15) is 0 Å². The van der Waals surface area contributed by atoms with Crippen molar-refractivity contribution in [3.63, 3.8) is 0 Å². The van der Waals surface area contributed by atoms with Crippen LogP contribution in [0.5, 0.6) is 0 Å². The van der Waals surface area contributed by atoms with E-state index in [9.17, 15) is 5.11 Å². The molecule has 2 heterocycles. The van der Waals surface area contributed by atoms with Crippen molar-refractivity contribution in [2.24, 2.45) is 5.92 Å². The summed E-state index contributed by atoms with van der Waals surface area (Å²) in [5, 5.41) is 9.60. The van der Waals surface area contributed by atoms with Gasteiger partial charge < -0.3 is 10.0 Å². The van der Waals surface area contributed by atoms with Gasteiger partial charge in [-0.15, -0.1) is 0 Å². The molecule has 0 bridgehead atoms. The average molecular weight is 245 g/mol. The summed E-state index contributed by atoms with van der Waals surface area (Å²) in [7, 11) is 2.07. The van der Waals surface area contributed by atoms with E-state index < -0.39 is 0 Å². The molecule has 1 aliphatic rings. The summed E-state index contributed by atoms with van der Waals surface area (Å²) in [6.45, 7) is 2.26. The van der Waals surface area contributed by atoms with Gasteiger partial charge in [0, 0.05) is 19.3 Å². The molecule has 0 spiro atoms. The molecule has 0 amide bonds. The summed E-state index contributed by atoms with van der Waals surface area (Å²) in [6.07, 6.45) is 4.58. The summed E-state index contributed by atoms with van der Waals surface area (Å²) in [5.74, 6) is 1.69. The maximum Gasteiger partial charge on any atom is 0.153 e. The van der Waals surface area contributed by atoms with Gasteiger partial charge in [-0.25, -0.2) is 4.98 Å². The van der Waals surface area contributed by atoms with Crippen molar-refractivity contribution in [3.05, 3.63) is 30.1 Å². The van der Waals surface area contributed by atoms with Gasteiger partial charge in [-0.05, 0) is 37.8 Å². The fourth-order valence-corrected chi connectivity index (χ4v) is 2.55. The van der Waals surface area contributed by atoms with Crippen LogP contribution in [0.3, 0.4) is 0 Å². The number of aliphatic hydroxyl groups is 1. The first-order valence-electron chi connectivity index (χ1n) is 6.52. The van der Waals surface area contributed by atoms with Crippen LogP contribution < -0.4 is 4.90 Å². The first-order valence-corrected chi connectivity index (χ1v) is 6.52. The summed E-state index contributed by atoms with van der Waals surface area (Å²) < 4.78 is 1.96. The molecule has 2 aromatic rings. The number of hydrogen-bond donors (Lipinski definition) is 1. The highest BCUT2D eigenvalue weighted by Gasteiger charge is 2.32. The first kappa shape index (κ1) is 11.5. The Morgan fingerprint density at radius 3 is 2.94 bits per heavy atom. The molecule has 1 N–H and O–H groups in total. The van der Waals surface area contributed by atoms with Crippen LogP contribution in [0.25, 0.3) is 5.65 Å². The molecule has 0 radical (unpaired) electrons. The number of hydrogen-bond acceptors (Lipinski definition) is 3. The van der Waals surface area contributed by atoms with Crippen LogP contribution in [-0.2, 0) is 6.61 Å². The van der Waals surface area contributed by atoms with Crippen LogP contribution in [0.15, 0.2) is 24.4 Å². The summed E-state index contributed by atoms with van der Waals surface area (Å²) >= 11 is 0. The maximum atomic E-state index is 9.60. The van der Waals surface area contributed by atoms with Crippen LogP contribution >= 0.6 is 0 Å². The average Bonchev–Trinajstić information content (AvgIpc) is 3.17. The Balaban J connectivity index is 2.04. The van der Waals surface area contributed by atoms with Crippen molar-refractivity contribution in [3.8, 4) is 0 Å². The van der Waals surface area contributed by atoms with Crippen LogP contribution in [-0.4, -0.2) is 27.6 Å². The van der Waals surface area contributed by atoms with Crippen molar-refractivity contribution < 1.29 is 5.11 Å². The lowest BCUT2D eigenvalue weighted by atomic mass is 10.2. The van der Waals surface area contributed by atoms with E-state index in [1.165, 1.54) is 12.8 Å². The molecule has 1 aliphatic carbocycles. The van der Waals surface area contributed by atoms with Crippen LogP contribution in [0.2, 0.25) is 0 Å². The molecule has 1 fully saturated rings. The Labute approximate surface area is 107 Å². The second-order valence-electron chi connectivity index (χ2n) is 5.16. The highest BCUT2D eigenvalue weighted by Crippen LogP contribution is 2.36. The summed E-state index contributed by atoms with van der Waals surface area (Å²) in [4.78, 5) is 6.85. The zero-order chi connectivity index (χ0) is 12.7. The van der Waals surface area contributed by atoms with Gasteiger partial charge in [0.1, 0.15) is 5.65 Å². The number of nitrogens with zero attached hydrogens (tertiary/aromatic N) is 3. The van der Waals surface area contributed by atoms with E-state index in [2.05, 4.69) is 23.9 Å². The first-order chi connectivity index (χ1) is 8.72. The molecule has 18 heavy (non-hydrogen) atoms. The lowest BCUT2D eigenvalue weighted by Gasteiger charge is -2.25. The van der Waals surface area contributed by atoms with Crippen molar-refractivity contribution >= 4 is 11.5 Å². The Morgan fingerprint density at radius 1 is 1.50 bits per heavy atom. The SMILES string of the molecule is CC(C1CC1)N(C)c1nc2ccccn2c1CO. The smallest absolute Gasteiger partial charge is 0.153 e. The van der Waals surface area contributed by atoms with E-state index >= 15 is 0 Å². The van der Waals surface area contributed by atoms with E-state index in [1.807, 2.05) is 28.8 Å². The fraction of sp³-hybridized carbons (Fsp3) is 0.500. The maximum absolute atomic E-state index is 9.60. The largest absolute Gasteiger partial charge is 0.390 e. The zero-order valence-corrected chi connectivity index (χ0v) is 10.9. The Hall–Kier alpha value is -1.55. The molecule has 3 rings (SSSR count). The second-order valence-corrected chi connectivity index (χ2v) is 5.16. The molecule has 4 heteroatoms. The minimum Gasteiger partial charge on any atom is -0.390 e. The zero-order valence-electron chi connectivity index (χ0n) is 10.9. The van der Waals surface area contributed by atoms with Crippen LogP contribution in [0, 0.1) is 5.92 Å². The molecule has 1 unspecified atom stereocenters. The minimum atomic E-state index is 0.0161. The van der Waals surface area contributed by atoms with Crippen molar-refractivity contribution in [1.29, 1.82) is 0 Å². The molecule has 2 aromatic heterocycles. The van der Waals surface area contributed by atoms with Gasteiger partial charge in [-0.1, -0.05) is 6.07 Å². The number of anilines is 1. The summed E-state index contributed by atoms with van der Waals surface area (Å²) in [6, 6.07) is 6.39. The number of aromatic nitrogens is 2. The number of pyridine rings is 1. The number of aliphatic hydroxyl groups excluding tert-OH is 1.